The predicted octanol–water partition coefficient (Wildman–Crippen LogP) is -0.134. The second kappa shape index (κ2) is 1.68. The van der Waals surface area contributed by atoms with E-state index in [4.69, 9.17) is 4.74 Å². The lowest BCUT2D eigenvalue weighted by atomic mass is 9.96. The van der Waals surface area contributed by atoms with Crippen LogP contribution in [-0.2, 0) is 4.74 Å². The Morgan fingerprint density at radius 3 is 2.00 bits per heavy atom. The van der Waals surface area contributed by atoms with Gasteiger partial charge in [0.1, 0.15) is 5.60 Å². The van der Waals surface area contributed by atoms with E-state index < -0.39 is 11.4 Å². The maximum Gasteiger partial charge on any atom is 0.191 e. The molecule has 0 unspecified atom stereocenters. The van der Waals surface area contributed by atoms with Crippen LogP contribution in [0.25, 0.3) is 0 Å². The maximum absolute atomic E-state index is 9.35. The molecule has 1 aliphatic heterocycles. The van der Waals surface area contributed by atoms with Crippen molar-refractivity contribution in [2.75, 3.05) is 6.61 Å². The highest BCUT2D eigenvalue weighted by molar-refractivity contribution is 4.90. The van der Waals surface area contributed by atoms with E-state index >= 15 is 0 Å². The highest BCUT2D eigenvalue weighted by atomic mass is 16.6. The molecule has 0 aliphatic carbocycles. The summed E-state index contributed by atoms with van der Waals surface area (Å²) in [6.07, 6.45) is 0.500. The molecule has 0 aromatic rings. The van der Waals surface area contributed by atoms with Gasteiger partial charge in [-0.25, -0.2) is 0 Å². The minimum Gasteiger partial charge on any atom is -0.384 e. The van der Waals surface area contributed by atoms with Crippen molar-refractivity contribution in [1.82, 2.24) is 0 Å². The zero-order valence-corrected chi connectivity index (χ0v) is 5.72. The molecule has 0 aromatic heterocycles. The molecule has 54 valence electrons. The Labute approximate surface area is 54.3 Å². The largest absolute Gasteiger partial charge is 0.384 e. The first-order valence-corrected chi connectivity index (χ1v) is 3.04. The minimum atomic E-state index is -1.35. The molecule has 1 saturated heterocycles. The van der Waals surface area contributed by atoms with Crippen LogP contribution in [0.1, 0.15) is 20.3 Å². The zero-order valence-electron chi connectivity index (χ0n) is 5.72. The molecule has 1 rings (SSSR count). The normalized spacial score (nSPS) is 52.0. The molecule has 2 atom stereocenters. The molecule has 1 fully saturated rings. The molecule has 3 nitrogen and oxygen atoms in total. The SMILES string of the molecule is C[C@@]1(O)CCO[C@@]1(C)O. The molecule has 9 heavy (non-hydrogen) atoms. The van der Waals surface area contributed by atoms with Crippen LogP contribution in [0.15, 0.2) is 0 Å². The summed E-state index contributed by atoms with van der Waals surface area (Å²) in [6, 6.07) is 0. The second-order valence-electron chi connectivity index (χ2n) is 2.86. The van der Waals surface area contributed by atoms with Gasteiger partial charge in [0.05, 0.1) is 6.61 Å². The summed E-state index contributed by atoms with van der Waals surface area (Å²) in [6.45, 7) is 3.47. The van der Waals surface area contributed by atoms with E-state index in [2.05, 4.69) is 0 Å². The summed E-state index contributed by atoms with van der Waals surface area (Å²) in [5.74, 6) is -1.35. The van der Waals surface area contributed by atoms with Gasteiger partial charge in [-0.15, -0.1) is 0 Å². The number of hydrogen-bond acceptors (Lipinski definition) is 3. The van der Waals surface area contributed by atoms with Gasteiger partial charge in [0.2, 0.25) is 0 Å². The topological polar surface area (TPSA) is 49.7 Å². The van der Waals surface area contributed by atoms with Gasteiger partial charge in [-0.3, -0.25) is 0 Å². The zero-order chi connectivity index (χ0) is 7.12. The van der Waals surface area contributed by atoms with Gasteiger partial charge < -0.3 is 14.9 Å². The van der Waals surface area contributed by atoms with Gasteiger partial charge in [0.15, 0.2) is 5.79 Å². The van der Waals surface area contributed by atoms with E-state index in [1.54, 1.807) is 6.92 Å². The fourth-order valence-electron chi connectivity index (χ4n) is 0.836. The van der Waals surface area contributed by atoms with Crippen molar-refractivity contribution in [2.24, 2.45) is 0 Å². The fourth-order valence-corrected chi connectivity index (χ4v) is 0.836. The van der Waals surface area contributed by atoms with E-state index in [1.165, 1.54) is 6.92 Å². The molecule has 0 bridgehead atoms. The smallest absolute Gasteiger partial charge is 0.191 e. The summed E-state index contributed by atoms with van der Waals surface area (Å²) in [5, 5.41) is 18.6. The van der Waals surface area contributed by atoms with Crippen molar-refractivity contribution in [3.05, 3.63) is 0 Å². The predicted molar refractivity (Wildman–Crippen MR) is 31.8 cm³/mol. The van der Waals surface area contributed by atoms with Crippen molar-refractivity contribution < 1.29 is 14.9 Å². The third kappa shape index (κ3) is 0.956. The van der Waals surface area contributed by atoms with E-state index in [9.17, 15) is 10.2 Å². The third-order valence-corrected chi connectivity index (χ3v) is 1.97. The first kappa shape index (κ1) is 6.99. The number of rotatable bonds is 0. The van der Waals surface area contributed by atoms with Gasteiger partial charge in [-0.05, 0) is 13.8 Å². The Hall–Kier alpha value is -0.120. The molecule has 0 aromatic carbocycles. The average Bonchev–Trinajstić information content (AvgIpc) is 1.81. The van der Waals surface area contributed by atoms with Gasteiger partial charge in [0, 0.05) is 6.42 Å². The van der Waals surface area contributed by atoms with Crippen molar-refractivity contribution >= 4 is 0 Å². The standard InChI is InChI=1S/C6H12O3/c1-5(7)3-4-9-6(5,2)8/h7-8H,3-4H2,1-2H3/t5-,6-/m1/s1. The molecule has 0 radical (unpaired) electrons. The Morgan fingerprint density at radius 1 is 1.33 bits per heavy atom. The molecule has 1 heterocycles. The molecule has 3 heteroatoms. The second-order valence-corrected chi connectivity index (χ2v) is 2.86. The lowest BCUT2D eigenvalue weighted by Gasteiger charge is -2.29. The van der Waals surface area contributed by atoms with Gasteiger partial charge >= 0.3 is 0 Å². The Kier molecular flexibility index (Phi) is 1.31. The number of aliphatic hydroxyl groups is 2. The lowest BCUT2D eigenvalue weighted by molar-refractivity contribution is -0.235. The highest BCUT2D eigenvalue weighted by Gasteiger charge is 2.47. The highest BCUT2D eigenvalue weighted by Crippen LogP contribution is 2.32. The molecule has 1 aliphatic rings. The molecule has 0 spiro atoms. The molecular formula is C6H12O3. The van der Waals surface area contributed by atoms with Crippen LogP contribution in [0.2, 0.25) is 0 Å². The maximum atomic E-state index is 9.35. The van der Waals surface area contributed by atoms with E-state index in [0.717, 1.165) is 0 Å². The van der Waals surface area contributed by atoms with E-state index in [1.807, 2.05) is 0 Å². The van der Waals surface area contributed by atoms with E-state index in [-0.39, 0.29) is 0 Å². The average molecular weight is 132 g/mol. The van der Waals surface area contributed by atoms with Gasteiger partial charge in [-0.1, -0.05) is 0 Å². The Bertz CT molecular complexity index is 103. The first-order valence-electron chi connectivity index (χ1n) is 3.04. The van der Waals surface area contributed by atoms with E-state index in [0.29, 0.717) is 13.0 Å². The molecule has 0 amide bonds. The van der Waals surface area contributed by atoms with Crippen molar-refractivity contribution in [2.45, 2.75) is 31.7 Å². The minimum absolute atomic E-state index is 0.431. The quantitative estimate of drug-likeness (QED) is 0.482. The monoisotopic (exact) mass is 132 g/mol. The van der Waals surface area contributed by atoms with Crippen LogP contribution in [0.5, 0.6) is 0 Å². The molecular weight excluding hydrogens is 120 g/mol. The Balaban J connectivity index is 2.75. The number of ether oxygens (including phenoxy) is 1. The summed E-state index contributed by atoms with van der Waals surface area (Å²) in [4.78, 5) is 0. The van der Waals surface area contributed by atoms with Gasteiger partial charge in [0.25, 0.3) is 0 Å². The summed E-state index contributed by atoms with van der Waals surface area (Å²) < 4.78 is 4.86. The van der Waals surface area contributed by atoms with Crippen LogP contribution in [0, 0.1) is 0 Å². The van der Waals surface area contributed by atoms with Crippen LogP contribution in [0.3, 0.4) is 0 Å². The van der Waals surface area contributed by atoms with Crippen LogP contribution < -0.4 is 0 Å². The summed E-state index contributed by atoms with van der Waals surface area (Å²) >= 11 is 0. The van der Waals surface area contributed by atoms with Crippen molar-refractivity contribution in [3.8, 4) is 0 Å². The lowest BCUT2D eigenvalue weighted by Crippen LogP contribution is -2.45. The van der Waals surface area contributed by atoms with Crippen molar-refractivity contribution in [1.29, 1.82) is 0 Å². The van der Waals surface area contributed by atoms with Crippen LogP contribution >= 0.6 is 0 Å². The van der Waals surface area contributed by atoms with Gasteiger partial charge in [-0.2, -0.15) is 0 Å². The third-order valence-electron chi connectivity index (χ3n) is 1.97. The van der Waals surface area contributed by atoms with Crippen LogP contribution in [-0.4, -0.2) is 28.2 Å². The summed E-state index contributed by atoms with van der Waals surface area (Å²) in [7, 11) is 0. The Morgan fingerprint density at radius 2 is 1.89 bits per heavy atom. The molecule has 2 N–H and O–H groups in total. The first-order chi connectivity index (χ1) is 3.96. The van der Waals surface area contributed by atoms with Crippen molar-refractivity contribution in [3.63, 3.8) is 0 Å². The fraction of sp³-hybridized carbons (Fsp3) is 1.00. The summed E-state index contributed by atoms with van der Waals surface area (Å²) in [5.41, 5.74) is -1.08. The van der Waals surface area contributed by atoms with Crippen LogP contribution in [0.4, 0.5) is 0 Å². The number of hydrogen-bond donors (Lipinski definition) is 2. The molecule has 0 saturated carbocycles.